The Morgan fingerprint density at radius 2 is 2.00 bits per heavy atom. The van der Waals surface area contributed by atoms with Crippen LogP contribution >= 0.6 is 11.6 Å². The summed E-state index contributed by atoms with van der Waals surface area (Å²) in [6.07, 6.45) is 4.66. The van der Waals surface area contributed by atoms with Gasteiger partial charge in [-0.05, 0) is 43.2 Å². The topological polar surface area (TPSA) is 99.2 Å². The van der Waals surface area contributed by atoms with Crippen LogP contribution in [0, 0.1) is 0 Å². The van der Waals surface area contributed by atoms with Crippen LogP contribution in [0.3, 0.4) is 0 Å². The van der Waals surface area contributed by atoms with Crippen molar-refractivity contribution < 1.29 is 14.1 Å². The third-order valence-electron chi connectivity index (χ3n) is 5.42. The molecular formula is C22H19ClN6O3. The molecule has 0 spiro atoms. The maximum absolute atomic E-state index is 13.6. The first-order chi connectivity index (χ1) is 15.7. The molecule has 32 heavy (non-hydrogen) atoms. The van der Waals surface area contributed by atoms with Crippen LogP contribution in [0.2, 0.25) is 5.02 Å². The molecule has 162 valence electrons. The Morgan fingerprint density at radius 3 is 2.78 bits per heavy atom. The Morgan fingerprint density at radius 1 is 1.19 bits per heavy atom. The molecule has 1 fully saturated rings. The van der Waals surface area contributed by atoms with E-state index in [1.807, 2.05) is 18.2 Å². The molecule has 2 aromatic carbocycles. The van der Waals surface area contributed by atoms with Gasteiger partial charge in [0.05, 0.1) is 35.8 Å². The minimum absolute atomic E-state index is 0.184. The van der Waals surface area contributed by atoms with Crippen molar-refractivity contribution in [1.29, 1.82) is 0 Å². The molecule has 0 saturated carbocycles. The highest BCUT2D eigenvalue weighted by molar-refractivity contribution is 6.33. The fourth-order valence-electron chi connectivity index (χ4n) is 3.87. The summed E-state index contributed by atoms with van der Waals surface area (Å²) in [7, 11) is 1.56. The van der Waals surface area contributed by atoms with Crippen LogP contribution in [0.4, 0.5) is 0 Å². The Kier molecular flexibility index (Phi) is 5.32. The number of rotatable bonds is 5. The maximum Gasteiger partial charge on any atom is 0.256 e. The van der Waals surface area contributed by atoms with Gasteiger partial charge in [0.1, 0.15) is 11.8 Å². The number of hydrogen-bond donors (Lipinski definition) is 0. The molecule has 1 amide bonds. The molecule has 0 aliphatic carbocycles. The molecule has 10 heteroatoms. The third-order valence-corrected chi connectivity index (χ3v) is 5.75. The smallest absolute Gasteiger partial charge is 0.256 e. The van der Waals surface area contributed by atoms with E-state index in [9.17, 15) is 4.79 Å². The van der Waals surface area contributed by atoms with E-state index in [2.05, 4.69) is 20.3 Å². The van der Waals surface area contributed by atoms with E-state index < -0.39 is 0 Å². The SMILES string of the molecule is COc1ccc(-n2nccn2)c(C(=O)N2CCCC2c2nc(-c3ccccc3Cl)no2)c1. The van der Waals surface area contributed by atoms with Gasteiger partial charge in [-0.3, -0.25) is 4.79 Å². The van der Waals surface area contributed by atoms with Gasteiger partial charge in [0.2, 0.25) is 11.7 Å². The lowest BCUT2D eigenvalue weighted by atomic mass is 10.1. The van der Waals surface area contributed by atoms with Crippen molar-refractivity contribution in [1.82, 2.24) is 30.0 Å². The largest absolute Gasteiger partial charge is 0.497 e. The summed E-state index contributed by atoms with van der Waals surface area (Å²) in [6, 6.07) is 12.2. The molecule has 1 atom stereocenters. The number of hydrogen-bond acceptors (Lipinski definition) is 7. The second-order valence-electron chi connectivity index (χ2n) is 7.29. The van der Waals surface area contributed by atoms with Crippen molar-refractivity contribution in [2.75, 3.05) is 13.7 Å². The summed E-state index contributed by atoms with van der Waals surface area (Å²) in [5.74, 6) is 1.16. The van der Waals surface area contributed by atoms with E-state index in [1.165, 1.54) is 4.80 Å². The molecule has 0 N–H and O–H groups in total. The highest BCUT2D eigenvalue weighted by Gasteiger charge is 2.36. The quantitative estimate of drug-likeness (QED) is 0.453. The van der Waals surface area contributed by atoms with Gasteiger partial charge in [-0.15, -0.1) is 0 Å². The number of nitrogens with zero attached hydrogens (tertiary/aromatic N) is 6. The molecule has 0 bridgehead atoms. The minimum Gasteiger partial charge on any atom is -0.497 e. The second-order valence-corrected chi connectivity index (χ2v) is 7.70. The van der Waals surface area contributed by atoms with Gasteiger partial charge >= 0.3 is 0 Å². The average molecular weight is 451 g/mol. The van der Waals surface area contributed by atoms with Crippen LogP contribution < -0.4 is 4.74 Å². The number of ether oxygens (including phenoxy) is 1. The van der Waals surface area contributed by atoms with E-state index in [4.69, 9.17) is 20.9 Å². The molecule has 4 aromatic rings. The van der Waals surface area contributed by atoms with E-state index in [0.717, 1.165) is 12.8 Å². The fourth-order valence-corrected chi connectivity index (χ4v) is 4.09. The number of halogens is 1. The van der Waals surface area contributed by atoms with Gasteiger partial charge in [0, 0.05) is 12.1 Å². The number of amides is 1. The first kappa shape index (κ1) is 20.2. The summed E-state index contributed by atoms with van der Waals surface area (Å²) >= 11 is 6.27. The zero-order valence-electron chi connectivity index (χ0n) is 17.2. The lowest BCUT2D eigenvalue weighted by Crippen LogP contribution is -2.31. The fraction of sp³-hybridized carbons (Fsp3) is 0.227. The summed E-state index contributed by atoms with van der Waals surface area (Å²) in [5, 5.41) is 13.0. The van der Waals surface area contributed by atoms with Crippen molar-refractivity contribution in [2.45, 2.75) is 18.9 Å². The summed E-state index contributed by atoms with van der Waals surface area (Å²) in [6.45, 7) is 0.566. The molecule has 1 unspecified atom stereocenters. The number of methoxy groups -OCH3 is 1. The van der Waals surface area contributed by atoms with Crippen molar-refractivity contribution in [3.63, 3.8) is 0 Å². The van der Waals surface area contributed by atoms with Crippen molar-refractivity contribution in [3.05, 3.63) is 71.3 Å². The Balaban J connectivity index is 1.48. The zero-order chi connectivity index (χ0) is 22.1. The number of carbonyl (C=O) groups is 1. The Labute approximate surface area is 188 Å². The third kappa shape index (κ3) is 3.60. The molecule has 1 aliphatic rings. The number of aromatic nitrogens is 5. The highest BCUT2D eigenvalue weighted by atomic mass is 35.5. The van der Waals surface area contributed by atoms with Gasteiger partial charge in [-0.1, -0.05) is 28.9 Å². The van der Waals surface area contributed by atoms with Crippen LogP contribution in [0.1, 0.15) is 35.1 Å². The van der Waals surface area contributed by atoms with Gasteiger partial charge in [-0.25, -0.2) is 0 Å². The lowest BCUT2D eigenvalue weighted by Gasteiger charge is -2.23. The van der Waals surface area contributed by atoms with E-state index in [0.29, 0.717) is 45.8 Å². The standard InChI is InChI=1S/C22H19ClN6O3/c1-31-14-8-9-18(29-24-10-11-25-29)16(13-14)22(30)28-12-4-7-19(28)21-26-20(27-32-21)15-5-2-3-6-17(15)23/h2-3,5-6,8-11,13,19H,4,7,12H2,1H3. The zero-order valence-corrected chi connectivity index (χ0v) is 17.9. The summed E-state index contributed by atoms with van der Waals surface area (Å²) < 4.78 is 10.9. The van der Waals surface area contributed by atoms with Gasteiger partial charge in [-0.2, -0.15) is 20.0 Å². The molecule has 2 aromatic heterocycles. The number of likely N-dealkylation sites (tertiary alicyclic amines) is 1. The lowest BCUT2D eigenvalue weighted by molar-refractivity contribution is 0.0709. The van der Waals surface area contributed by atoms with Crippen molar-refractivity contribution in [3.8, 4) is 22.8 Å². The molecule has 1 saturated heterocycles. The summed E-state index contributed by atoms with van der Waals surface area (Å²) in [5.41, 5.74) is 1.67. The van der Waals surface area contributed by atoms with Crippen LogP contribution in [0.25, 0.3) is 17.1 Å². The number of carbonyl (C=O) groups excluding carboxylic acids is 1. The van der Waals surface area contributed by atoms with E-state index in [-0.39, 0.29) is 11.9 Å². The average Bonchev–Trinajstić information content (AvgIpc) is 3.60. The van der Waals surface area contributed by atoms with E-state index in [1.54, 1.807) is 48.7 Å². The highest BCUT2D eigenvalue weighted by Crippen LogP contribution is 2.35. The summed E-state index contributed by atoms with van der Waals surface area (Å²) in [4.78, 5) is 21.3. The predicted molar refractivity (Wildman–Crippen MR) is 116 cm³/mol. The van der Waals surface area contributed by atoms with E-state index >= 15 is 0 Å². The normalized spacial score (nSPS) is 15.8. The molecule has 9 nitrogen and oxygen atoms in total. The van der Waals surface area contributed by atoms with Crippen LogP contribution in [-0.2, 0) is 0 Å². The van der Waals surface area contributed by atoms with Crippen LogP contribution in [-0.4, -0.2) is 49.6 Å². The first-order valence-corrected chi connectivity index (χ1v) is 10.5. The second kappa shape index (κ2) is 8.43. The maximum atomic E-state index is 13.6. The van der Waals surface area contributed by atoms with Gasteiger partial charge in [0.25, 0.3) is 5.91 Å². The van der Waals surface area contributed by atoms with Gasteiger partial charge < -0.3 is 14.2 Å². The molecule has 3 heterocycles. The molecular weight excluding hydrogens is 432 g/mol. The number of benzene rings is 2. The van der Waals surface area contributed by atoms with Crippen LogP contribution in [0.15, 0.2) is 59.4 Å². The molecule has 5 rings (SSSR count). The minimum atomic E-state index is -0.337. The van der Waals surface area contributed by atoms with Crippen molar-refractivity contribution in [2.24, 2.45) is 0 Å². The monoisotopic (exact) mass is 450 g/mol. The van der Waals surface area contributed by atoms with Gasteiger partial charge in [0.15, 0.2) is 0 Å². The Bertz CT molecular complexity index is 1260. The predicted octanol–water partition coefficient (Wildman–Crippen LogP) is 3.96. The first-order valence-electron chi connectivity index (χ1n) is 10.1. The molecule has 1 aliphatic heterocycles. The van der Waals surface area contributed by atoms with Crippen LogP contribution in [0.5, 0.6) is 5.75 Å². The Hall–Kier alpha value is -3.72. The van der Waals surface area contributed by atoms with Crippen molar-refractivity contribution >= 4 is 17.5 Å². The molecule has 0 radical (unpaired) electrons.